The van der Waals surface area contributed by atoms with Crippen LogP contribution in [0, 0.1) is 13.8 Å². The van der Waals surface area contributed by atoms with Crippen LogP contribution >= 0.6 is 0 Å². The van der Waals surface area contributed by atoms with Crippen molar-refractivity contribution in [2.24, 2.45) is 0 Å². The van der Waals surface area contributed by atoms with Crippen LogP contribution in [0.2, 0.25) is 0 Å². The molecule has 0 aliphatic carbocycles. The number of nitrogens with zero attached hydrogens (tertiary/aromatic N) is 2. The van der Waals surface area contributed by atoms with Gasteiger partial charge in [-0.1, -0.05) is 24.3 Å². The van der Waals surface area contributed by atoms with Crippen molar-refractivity contribution < 1.29 is 9.84 Å². The topological polar surface area (TPSA) is 47.3 Å². The van der Waals surface area contributed by atoms with Gasteiger partial charge < -0.3 is 14.4 Å². The van der Waals surface area contributed by atoms with Crippen LogP contribution in [0.15, 0.2) is 55.4 Å². The molecule has 1 heterocycles. The molecule has 2 aromatic carbocycles. The Bertz CT molecular complexity index is 883. The van der Waals surface area contributed by atoms with E-state index in [4.69, 9.17) is 4.74 Å². The Kier molecular flexibility index (Phi) is 5.19. The van der Waals surface area contributed by atoms with Crippen molar-refractivity contribution in [2.75, 3.05) is 6.61 Å². The lowest BCUT2D eigenvalue weighted by Gasteiger charge is -2.15. The molecule has 4 nitrogen and oxygen atoms in total. The molecule has 0 saturated carbocycles. The molecular formula is C21H24N2O2. The summed E-state index contributed by atoms with van der Waals surface area (Å²) in [6.07, 6.45) is 3.76. The predicted molar refractivity (Wildman–Crippen MR) is 101 cm³/mol. The second-order valence-corrected chi connectivity index (χ2v) is 6.39. The molecule has 4 heteroatoms. The first-order valence-electron chi connectivity index (χ1n) is 8.50. The number of benzene rings is 2. The standard InChI is InChI=1S/C21H24N2O2/c1-4-7-17-8-5-6-9-21(17)25-13-18(24)12-23-14-22-19-10-15(2)16(3)11-20(19)23/h4-6,8-11,14,18,24H,1,7,12-13H2,2-3H3. The van der Waals surface area contributed by atoms with E-state index in [1.165, 1.54) is 11.1 Å². The van der Waals surface area contributed by atoms with E-state index >= 15 is 0 Å². The summed E-state index contributed by atoms with van der Waals surface area (Å²) in [5.41, 5.74) is 5.50. The van der Waals surface area contributed by atoms with Gasteiger partial charge in [-0.2, -0.15) is 0 Å². The first kappa shape index (κ1) is 17.2. The maximum absolute atomic E-state index is 10.4. The largest absolute Gasteiger partial charge is 0.491 e. The maximum atomic E-state index is 10.4. The number of aliphatic hydroxyl groups is 1. The summed E-state index contributed by atoms with van der Waals surface area (Å²) in [6.45, 7) is 8.62. The molecule has 1 unspecified atom stereocenters. The Morgan fingerprint density at radius 1 is 1.24 bits per heavy atom. The zero-order chi connectivity index (χ0) is 17.8. The van der Waals surface area contributed by atoms with Gasteiger partial charge in [0.1, 0.15) is 18.5 Å². The van der Waals surface area contributed by atoms with E-state index in [9.17, 15) is 5.11 Å². The molecule has 0 bridgehead atoms. The van der Waals surface area contributed by atoms with Crippen molar-refractivity contribution in [3.8, 4) is 5.75 Å². The third-order valence-electron chi connectivity index (χ3n) is 4.41. The van der Waals surface area contributed by atoms with Crippen LogP contribution in [0.3, 0.4) is 0 Å². The number of fused-ring (bicyclic) bond motifs is 1. The van der Waals surface area contributed by atoms with Gasteiger partial charge in [-0.25, -0.2) is 4.98 Å². The quantitative estimate of drug-likeness (QED) is 0.667. The highest BCUT2D eigenvalue weighted by Gasteiger charge is 2.11. The Balaban J connectivity index is 1.68. The number of aryl methyl sites for hydroxylation is 2. The number of allylic oxidation sites excluding steroid dienone is 1. The molecule has 0 fully saturated rings. The molecule has 0 aliphatic rings. The van der Waals surface area contributed by atoms with Crippen LogP contribution in [-0.4, -0.2) is 27.4 Å². The van der Waals surface area contributed by atoms with Crippen LogP contribution in [0.25, 0.3) is 11.0 Å². The molecule has 0 aliphatic heterocycles. The van der Waals surface area contributed by atoms with Gasteiger partial charge in [0.25, 0.3) is 0 Å². The lowest BCUT2D eigenvalue weighted by Crippen LogP contribution is -2.23. The average Bonchev–Trinajstić information content (AvgIpc) is 2.96. The minimum Gasteiger partial charge on any atom is -0.491 e. The fourth-order valence-electron chi connectivity index (χ4n) is 2.89. The number of aromatic nitrogens is 2. The first-order chi connectivity index (χ1) is 12.1. The van der Waals surface area contributed by atoms with E-state index in [1.807, 2.05) is 34.9 Å². The van der Waals surface area contributed by atoms with Crippen LogP contribution < -0.4 is 4.74 Å². The highest BCUT2D eigenvalue weighted by molar-refractivity contribution is 5.77. The smallest absolute Gasteiger partial charge is 0.122 e. The lowest BCUT2D eigenvalue weighted by molar-refractivity contribution is 0.0930. The van der Waals surface area contributed by atoms with Gasteiger partial charge in [0.15, 0.2) is 0 Å². The summed E-state index contributed by atoms with van der Waals surface area (Å²) in [5.74, 6) is 0.795. The SMILES string of the molecule is C=CCc1ccccc1OCC(O)Cn1cnc2cc(C)c(C)cc21. The van der Waals surface area contributed by atoms with Gasteiger partial charge >= 0.3 is 0 Å². The monoisotopic (exact) mass is 336 g/mol. The number of ether oxygens (including phenoxy) is 1. The predicted octanol–water partition coefficient (Wildman–Crippen LogP) is 3.82. The van der Waals surface area contributed by atoms with E-state index in [-0.39, 0.29) is 6.61 Å². The minimum atomic E-state index is -0.615. The normalized spacial score (nSPS) is 12.3. The molecule has 0 amide bonds. The van der Waals surface area contributed by atoms with Crippen molar-refractivity contribution in [1.29, 1.82) is 0 Å². The van der Waals surface area contributed by atoms with Crippen molar-refractivity contribution in [3.05, 3.63) is 72.1 Å². The van der Waals surface area contributed by atoms with E-state index in [2.05, 4.69) is 37.5 Å². The van der Waals surface area contributed by atoms with Gasteiger partial charge in [0, 0.05) is 0 Å². The van der Waals surface area contributed by atoms with Gasteiger partial charge in [-0.05, 0) is 55.2 Å². The Labute approximate surface area is 148 Å². The summed E-state index contributed by atoms with van der Waals surface area (Å²) < 4.78 is 7.80. The maximum Gasteiger partial charge on any atom is 0.122 e. The Morgan fingerprint density at radius 3 is 2.80 bits per heavy atom. The van der Waals surface area contributed by atoms with E-state index < -0.39 is 6.10 Å². The van der Waals surface area contributed by atoms with E-state index in [0.717, 1.165) is 28.8 Å². The van der Waals surface area contributed by atoms with Crippen LogP contribution in [0.5, 0.6) is 5.75 Å². The summed E-state index contributed by atoms with van der Waals surface area (Å²) in [5, 5.41) is 10.4. The second kappa shape index (κ2) is 7.53. The number of aliphatic hydroxyl groups excluding tert-OH is 1. The van der Waals surface area contributed by atoms with Crippen molar-refractivity contribution >= 4 is 11.0 Å². The molecule has 25 heavy (non-hydrogen) atoms. The number of hydrogen-bond acceptors (Lipinski definition) is 3. The fourth-order valence-corrected chi connectivity index (χ4v) is 2.89. The molecule has 130 valence electrons. The average molecular weight is 336 g/mol. The molecule has 1 aromatic heterocycles. The van der Waals surface area contributed by atoms with E-state index in [1.54, 1.807) is 6.33 Å². The zero-order valence-electron chi connectivity index (χ0n) is 14.8. The molecule has 1 N–H and O–H groups in total. The summed E-state index contributed by atoms with van der Waals surface area (Å²) in [6, 6.07) is 12.0. The van der Waals surface area contributed by atoms with Crippen LogP contribution in [0.1, 0.15) is 16.7 Å². The van der Waals surface area contributed by atoms with Crippen LogP contribution in [-0.2, 0) is 13.0 Å². The van der Waals surface area contributed by atoms with Gasteiger partial charge in [-0.3, -0.25) is 0 Å². The number of hydrogen-bond donors (Lipinski definition) is 1. The third-order valence-corrected chi connectivity index (χ3v) is 4.41. The Morgan fingerprint density at radius 2 is 2.00 bits per heavy atom. The van der Waals surface area contributed by atoms with E-state index in [0.29, 0.717) is 6.54 Å². The second-order valence-electron chi connectivity index (χ2n) is 6.39. The number of imidazole rings is 1. The van der Waals surface area contributed by atoms with Crippen molar-refractivity contribution in [3.63, 3.8) is 0 Å². The first-order valence-corrected chi connectivity index (χ1v) is 8.50. The summed E-state index contributed by atoms with van der Waals surface area (Å²) >= 11 is 0. The van der Waals surface area contributed by atoms with Gasteiger partial charge in [0.2, 0.25) is 0 Å². The molecule has 1 atom stereocenters. The molecule has 0 saturated heterocycles. The van der Waals surface area contributed by atoms with Crippen molar-refractivity contribution in [2.45, 2.75) is 32.9 Å². The third kappa shape index (κ3) is 3.91. The fraction of sp³-hybridized carbons (Fsp3) is 0.286. The Hall–Kier alpha value is -2.59. The number of para-hydroxylation sites is 1. The molecular weight excluding hydrogens is 312 g/mol. The van der Waals surface area contributed by atoms with Crippen LogP contribution in [0.4, 0.5) is 0 Å². The molecule has 3 rings (SSSR count). The summed E-state index contributed by atoms with van der Waals surface area (Å²) in [4.78, 5) is 4.43. The zero-order valence-corrected chi connectivity index (χ0v) is 14.8. The van der Waals surface area contributed by atoms with Gasteiger partial charge in [-0.15, -0.1) is 6.58 Å². The highest BCUT2D eigenvalue weighted by Crippen LogP contribution is 2.20. The lowest BCUT2D eigenvalue weighted by atomic mass is 10.1. The molecule has 0 radical (unpaired) electrons. The van der Waals surface area contributed by atoms with Crippen molar-refractivity contribution in [1.82, 2.24) is 9.55 Å². The molecule has 0 spiro atoms. The number of rotatable bonds is 7. The minimum absolute atomic E-state index is 0.235. The molecule has 3 aromatic rings. The summed E-state index contributed by atoms with van der Waals surface area (Å²) in [7, 11) is 0. The van der Waals surface area contributed by atoms with Gasteiger partial charge in [0.05, 0.1) is 23.9 Å². The highest BCUT2D eigenvalue weighted by atomic mass is 16.5.